The molecule has 0 radical (unpaired) electrons. The highest BCUT2D eigenvalue weighted by molar-refractivity contribution is 6.31. The van der Waals surface area contributed by atoms with Crippen LogP contribution < -0.4 is 4.90 Å². The molecule has 3 nitrogen and oxygen atoms in total. The lowest BCUT2D eigenvalue weighted by molar-refractivity contribution is 0.202. The summed E-state index contributed by atoms with van der Waals surface area (Å²) in [5.41, 5.74) is 0.678. The van der Waals surface area contributed by atoms with Gasteiger partial charge in [0.2, 0.25) is 0 Å². The van der Waals surface area contributed by atoms with E-state index in [2.05, 4.69) is 0 Å². The molecule has 21 heavy (non-hydrogen) atoms. The summed E-state index contributed by atoms with van der Waals surface area (Å²) in [7, 11) is 0. The summed E-state index contributed by atoms with van der Waals surface area (Å²) in [5, 5.41) is 0.0611. The molecule has 0 unspecified atom stereocenters. The average molecular weight is 311 g/mol. The van der Waals surface area contributed by atoms with Crippen molar-refractivity contribution in [2.24, 2.45) is 5.92 Å². The Morgan fingerprint density at radius 1 is 1.19 bits per heavy atom. The Kier molecular flexibility index (Phi) is 4.34. The predicted molar refractivity (Wildman–Crippen MR) is 82.3 cm³/mol. The fraction of sp³-hybridized carbons (Fsp3) is 0.562. The van der Waals surface area contributed by atoms with Gasteiger partial charge in [0.25, 0.3) is 0 Å². The van der Waals surface area contributed by atoms with Gasteiger partial charge in [-0.15, -0.1) is 0 Å². The molecule has 1 aliphatic heterocycles. The molecule has 0 aromatic heterocycles. The average Bonchev–Trinajstić information content (AvgIpc) is 2.84. The Labute approximate surface area is 129 Å². The first-order valence-corrected chi connectivity index (χ1v) is 8.04. The molecule has 2 aliphatic rings. The van der Waals surface area contributed by atoms with Crippen molar-refractivity contribution in [2.75, 3.05) is 24.5 Å². The van der Waals surface area contributed by atoms with Gasteiger partial charge in [-0.05, 0) is 37.0 Å². The number of carbonyl (C=O) groups excluding carboxylic acids is 1. The molecule has 1 heterocycles. The second-order valence-corrected chi connectivity index (χ2v) is 6.39. The van der Waals surface area contributed by atoms with Crippen molar-refractivity contribution in [1.82, 2.24) is 4.90 Å². The molecule has 1 saturated carbocycles. The van der Waals surface area contributed by atoms with Gasteiger partial charge in [-0.3, -0.25) is 4.90 Å². The number of benzene rings is 1. The van der Waals surface area contributed by atoms with E-state index in [1.807, 2.05) is 4.90 Å². The standard InChI is InChI=1S/C16H20ClFN2O/c17-14-10-13(6-7-15(14)18)20-9-8-19(16(20)21)11-12-4-2-1-3-5-12/h6-7,10,12H,1-5,8-9,11H2. The lowest BCUT2D eigenvalue weighted by Crippen LogP contribution is -2.35. The Morgan fingerprint density at radius 2 is 1.95 bits per heavy atom. The number of carbonyl (C=O) groups is 1. The summed E-state index contributed by atoms with van der Waals surface area (Å²) in [5.74, 6) is 0.186. The molecular formula is C16H20ClFN2O. The Balaban J connectivity index is 1.66. The van der Waals surface area contributed by atoms with Gasteiger partial charge in [0.05, 0.1) is 5.02 Å². The number of amides is 2. The summed E-state index contributed by atoms with van der Waals surface area (Å²) in [6.07, 6.45) is 6.34. The third-order valence-electron chi connectivity index (χ3n) is 4.51. The number of urea groups is 1. The summed E-state index contributed by atoms with van der Waals surface area (Å²) >= 11 is 5.81. The monoisotopic (exact) mass is 310 g/mol. The zero-order chi connectivity index (χ0) is 14.8. The van der Waals surface area contributed by atoms with Crippen LogP contribution in [0.2, 0.25) is 5.02 Å². The van der Waals surface area contributed by atoms with Crippen LogP contribution in [0.3, 0.4) is 0 Å². The van der Waals surface area contributed by atoms with Crippen molar-refractivity contribution in [2.45, 2.75) is 32.1 Å². The van der Waals surface area contributed by atoms with Crippen LogP contribution >= 0.6 is 11.6 Å². The van der Waals surface area contributed by atoms with Gasteiger partial charge in [0.15, 0.2) is 0 Å². The summed E-state index contributed by atoms with van der Waals surface area (Å²) in [4.78, 5) is 16.1. The Hall–Kier alpha value is -1.29. The fourth-order valence-corrected chi connectivity index (χ4v) is 3.50. The molecule has 0 spiro atoms. The number of rotatable bonds is 3. The number of halogens is 2. The van der Waals surface area contributed by atoms with Crippen molar-refractivity contribution in [3.05, 3.63) is 29.0 Å². The number of nitrogens with zero attached hydrogens (tertiary/aromatic N) is 2. The zero-order valence-electron chi connectivity index (χ0n) is 12.0. The van der Waals surface area contributed by atoms with Crippen molar-refractivity contribution < 1.29 is 9.18 Å². The van der Waals surface area contributed by atoms with Gasteiger partial charge < -0.3 is 4.90 Å². The van der Waals surface area contributed by atoms with E-state index in [4.69, 9.17) is 11.6 Å². The van der Waals surface area contributed by atoms with Gasteiger partial charge in [-0.2, -0.15) is 0 Å². The molecule has 1 aromatic rings. The van der Waals surface area contributed by atoms with Crippen LogP contribution in [-0.4, -0.2) is 30.6 Å². The number of hydrogen-bond donors (Lipinski definition) is 0. The molecule has 0 N–H and O–H groups in total. The molecule has 3 rings (SSSR count). The van der Waals surface area contributed by atoms with E-state index < -0.39 is 5.82 Å². The second-order valence-electron chi connectivity index (χ2n) is 5.98. The predicted octanol–water partition coefficient (Wildman–Crippen LogP) is 4.30. The van der Waals surface area contributed by atoms with Crippen molar-refractivity contribution >= 4 is 23.3 Å². The van der Waals surface area contributed by atoms with E-state index >= 15 is 0 Å². The zero-order valence-corrected chi connectivity index (χ0v) is 12.8. The minimum Gasteiger partial charge on any atom is -0.322 e. The Bertz CT molecular complexity index is 531. The Morgan fingerprint density at radius 3 is 2.67 bits per heavy atom. The van der Waals surface area contributed by atoms with Crippen LogP contribution in [0, 0.1) is 11.7 Å². The summed E-state index contributed by atoms with van der Waals surface area (Å²) in [6.45, 7) is 2.24. The van der Waals surface area contributed by atoms with Crippen LogP contribution in [0.15, 0.2) is 18.2 Å². The molecule has 0 atom stereocenters. The molecule has 1 saturated heterocycles. The highest BCUT2D eigenvalue weighted by atomic mass is 35.5. The molecule has 2 fully saturated rings. The van der Waals surface area contributed by atoms with Gasteiger partial charge in [0, 0.05) is 25.3 Å². The minimum atomic E-state index is -0.453. The topological polar surface area (TPSA) is 23.6 Å². The second kappa shape index (κ2) is 6.22. The van der Waals surface area contributed by atoms with E-state index in [1.165, 1.54) is 44.2 Å². The lowest BCUT2D eigenvalue weighted by Gasteiger charge is -2.26. The third kappa shape index (κ3) is 3.15. The van der Waals surface area contributed by atoms with Gasteiger partial charge in [-0.1, -0.05) is 30.9 Å². The molecule has 1 aromatic carbocycles. The van der Waals surface area contributed by atoms with Gasteiger partial charge in [-0.25, -0.2) is 9.18 Å². The first-order chi connectivity index (χ1) is 10.1. The van der Waals surface area contributed by atoms with Crippen molar-refractivity contribution in [1.29, 1.82) is 0 Å². The van der Waals surface area contributed by atoms with Crippen LogP contribution in [0.5, 0.6) is 0 Å². The van der Waals surface area contributed by atoms with Crippen molar-refractivity contribution in [3.8, 4) is 0 Å². The van der Waals surface area contributed by atoms with Gasteiger partial charge in [0.1, 0.15) is 5.82 Å². The molecule has 1 aliphatic carbocycles. The first kappa shape index (κ1) is 14.6. The highest BCUT2D eigenvalue weighted by Gasteiger charge is 2.31. The van der Waals surface area contributed by atoms with E-state index in [9.17, 15) is 9.18 Å². The molecule has 5 heteroatoms. The summed E-state index contributed by atoms with van der Waals surface area (Å²) < 4.78 is 13.2. The maximum Gasteiger partial charge on any atom is 0.324 e. The largest absolute Gasteiger partial charge is 0.324 e. The molecule has 0 bridgehead atoms. The van der Waals surface area contributed by atoms with Crippen LogP contribution in [0.1, 0.15) is 32.1 Å². The maximum absolute atomic E-state index is 13.2. The lowest BCUT2D eigenvalue weighted by atomic mass is 9.89. The number of hydrogen-bond acceptors (Lipinski definition) is 1. The van der Waals surface area contributed by atoms with Gasteiger partial charge >= 0.3 is 6.03 Å². The van der Waals surface area contributed by atoms with Crippen LogP contribution in [-0.2, 0) is 0 Å². The first-order valence-electron chi connectivity index (χ1n) is 7.66. The van der Waals surface area contributed by atoms with Crippen molar-refractivity contribution in [3.63, 3.8) is 0 Å². The number of anilines is 1. The molecule has 2 amide bonds. The minimum absolute atomic E-state index is 0.0169. The van der Waals surface area contributed by atoms with E-state index in [-0.39, 0.29) is 11.1 Å². The van der Waals surface area contributed by atoms with E-state index in [0.29, 0.717) is 18.2 Å². The normalized spacial score (nSPS) is 20.4. The smallest absolute Gasteiger partial charge is 0.322 e. The van der Waals surface area contributed by atoms with E-state index in [1.54, 1.807) is 11.0 Å². The fourth-order valence-electron chi connectivity index (χ4n) is 3.33. The quantitative estimate of drug-likeness (QED) is 0.816. The van der Waals surface area contributed by atoms with Crippen LogP contribution in [0.25, 0.3) is 0 Å². The summed E-state index contributed by atoms with van der Waals surface area (Å²) in [6, 6.07) is 4.47. The van der Waals surface area contributed by atoms with Crippen LogP contribution in [0.4, 0.5) is 14.9 Å². The SMILES string of the molecule is O=C1N(CC2CCCCC2)CCN1c1ccc(F)c(Cl)c1. The maximum atomic E-state index is 13.2. The molecular weight excluding hydrogens is 291 g/mol. The third-order valence-corrected chi connectivity index (χ3v) is 4.80. The molecule has 114 valence electrons. The highest BCUT2D eigenvalue weighted by Crippen LogP contribution is 2.28. The van der Waals surface area contributed by atoms with E-state index in [0.717, 1.165) is 13.1 Å².